The summed E-state index contributed by atoms with van der Waals surface area (Å²) in [4.78, 5) is 25.0. The highest BCUT2D eigenvalue weighted by atomic mass is 35.5. The number of hydrogen-bond donors (Lipinski definition) is 3. The predicted molar refractivity (Wildman–Crippen MR) is 109 cm³/mol. The summed E-state index contributed by atoms with van der Waals surface area (Å²) in [5, 5.41) is 12.8. The molecule has 5 rings (SSSR count). The number of amides is 2. The largest absolute Gasteiger partial charge is 0.484 e. The molecule has 1 unspecified atom stereocenters. The number of hydrogen-bond acceptors (Lipinski definition) is 4. The Labute approximate surface area is 178 Å². The topological polar surface area (TPSA) is 96.1 Å². The Balaban J connectivity index is 1.34. The van der Waals surface area contributed by atoms with Gasteiger partial charge in [0, 0.05) is 23.3 Å². The lowest BCUT2D eigenvalue weighted by atomic mass is 9.56. The highest BCUT2D eigenvalue weighted by molar-refractivity contribution is 6.30. The summed E-state index contributed by atoms with van der Waals surface area (Å²) in [5.74, 6) is -0.490. The highest BCUT2D eigenvalue weighted by Gasteiger charge is 2.54. The van der Waals surface area contributed by atoms with Gasteiger partial charge in [-0.25, -0.2) is 4.39 Å². The zero-order valence-corrected chi connectivity index (χ0v) is 17.4. The Bertz CT molecular complexity index is 942. The normalized spacial score (nSPS) is 27.5. The Morgan fingerprint density at radius 3 is 2.70 bits per heavy atom. The van der Waals surface area contributed by atoms with E-state index in [4.69, 9.17) is 16.3 Å². The minimum atomic E-state index is -0.588. The molecule has 1 atom stereocenters. The van der Waals surface area contributed by atoms with Gasteiger partial charge in [-0.1, -0.05) is 18.5 Å². The van der Waals surface area contributed by atoms with Crippen molar-refractivity contribution in [2.45, 2.75) is 50.1 Å². The lowest BCUT2D eigenvalue weighted by Crippen LogP contribution is -2.67. The predicted octanol–water partition coefficient (Wildman–Crippen LogP) is 3.22. The minimum absolute atomic E-state index is 0.00688. The Morgan fingerprint density at radius 1 is 1.30 bits per heavy atom. The van der Waals surface area contributed by atoms with Gasteiger partial charge in [0.1, 0.15) is 11.6 Å². The van der Waals surface area contributed by atoms with Gasteiger partial charge in [-0.2, -0.15) is 5.10 Å². The fraction of sp³-hybridized carbons (Fsp3) is 0.476. The molecule has 3 saturated carbocycles. The summed E-state index contributed by atoms with van der Waals surface area (Å²) < 4.78 is 18.9. The van der Waals surface area contributed by atoms with E-state index in [2.05, 4.69) is 27.8 Å². The third-order valence-corrected chi connectivity index (χ3v) is 6.83. The van der Waals surface area contributed by atoms with Crippen LogP contribution in [0.1, 0.15) is 49.4 Å². The number of rotatable bonds is 6. The van der Waals surface area contributed by atoms with E-state index in [9.17, 15) is 14.0 Å². The lowest BCUT2D eigenvalue weighted by molar-refractivity contribution is -0.127. The first kappa shape index (κ1) is 20.7. The summed E-state index contributed by atoms with van der Waals surface area (Å²) in [6.07, 6.45) is 7.02. The maximum atomic E-state index is 13.5. The number of nitrogens with zero attached hydrogens (tertiary/aromatic N) is 1. The molecule has 2 aromatic rings. The Kier molecular flexibility index (Phi) is 5.44. The SMILES string of the molecule is CC1CC2(NC(=O)COc3ccc(Cl)c(F)c3)CCC1(NC(=O)c1cn[nH]c1)CC2. The summed E-state index contributed by atoms with van der Waals surface area (Å²) in [5.41, 5.74) is -0.0474. The van der Waals surface area contributed by atoms with E-state index in [1.54, 1.807) is 6.20 Å². The second-order valence-electron chi connectivity index (χ2n) is 8.40. The first-order valence-electron chi connectivity index (χ1n) is 10.0. The van der Waals surface area contributed by atoms with Crippen molar-refractivity contribution in [2.24, 2.45) is 5.92 Å². The van der Waals surface area contributed by atoms with Crippen molar-refractivity contribution in [1.82, 2.24) is 20.8 Å². The van der Waals surface area contributed by atoms with Gasteiger partial charge in [-0.15, -0.1) is 0 Å². The van der Waals surface area contributed by atoms with E-state index in [0.717, 1.165) is 38.2 Å². The van der Waals surface area contributed by atoms with Crippen molar-refractivity contribution >= 4 is 23.4 Å². The number of aromatic amines is 1. The average molecular weight is 435 g/mol. The Hall–Kier alpha value is -2.61. The zero-order valence-electron chi connectivity index (χ0n) is 16.6. The van der Waals surface area contributed by atoms with Crippen molar-refractivity contribution < 1.29 is 18.7 Å². The summed E-state index contributed by atoms with van der Waals surface area (Å²) >= 11 is 5.66. The molecule has 3 aliphatic rings. The molecule has 2 amide bonds. The maximum Gasteiger partial charge on any atom is 0.258 e. The van der Waals surface area contributed by atoms with E-state index in [0.29, 0.717) is 5.56 Å². The van der Waals surface area contributed by atoms with Crippen LogP contribution in [0.15, 0.2) is 30.6 Å². The molecule has 160 valence electrons. The van der Waals surface area contributed by atoms with Crippen LogP contribution >= 0.6 is 11.6 Å². The molecule has 1 aromatic carbocycles. The van der Waals surface area contributed by atoms with E-state index >= 15 is 0 Å². The smallest absolute Gasteiger partial charge is 0.258 e. The average Bonchev–Trinajstić information content (AvgIpc) is 3.25. The molecular weight excluding hydrogens is 411 g/mol. The number of fused-ring (bicyclic) bond motifs is 3. The molecule has 3 N–H and O–H groups in total. The van der Waals surface area contributed by atoms with Crippen molar-refractivity contribution in [3.05, 3.63) is 47.0 Å². The van der Waals surface area contributed by atoms with Gasteiger partial charge >= 0.3 is 0 Å². The van der Waals surface area contributed by atoms with Gasteiger partial charge in [0.2, 0.25) is 0 Å². The summed E-state index contributed by atoms with van der Waals surface area (Å²) in [6, 6.07) is 4.08. The number of benzene rings is 1. The van der Waals surface area contributed by atoms with Crippen LogP contribution < -0.4 is 15.4 Å². The van der Waals surface area contributed by atoms with Crippen molar-refractivity contribution in [3.8, 4) is 5.75 Å². The molecule has 0 radical (unpaired) electrons. The fourth-order valence-electron chi connectivity index (χ4n) is 4.80. The zero-order chi connectivity index (χ0) is 21.4. The number of nitrogens with one attached hydrogen (secondary N) is 3. The molecule has 9 heteroatoms. The van der Waals surface area contributed by atoms with E-state index in [-0.39, 0.29) is 46.2 Å². The van der Waals surface area contributed by atoms with Crippen LogP contribution in [0.2, 0.25) is 5.02 Å². The molecule has 1 heterocycles. The van der Waals surface area contributed by atoms with E-state index < -0.39 is 5.82 Å². The van der Waals surface area contributed by atoms with Crippen molar-refractivity contribution in [2.75, 3.05) is 6.61 Å². The van der Waals surface area contributed by atoms with Crippen LogP contribution in [0.5, 0.6) is 5.75 Å². The van der Waals surface area contributed by atoms with Crippen LogP contribution in [-0.4, -0.2) is 39.7 Å². The molecule has 0 saturated heterocycles. The first-order chi connectivity index (χ1) is 14.3. The highest BCUT2D eigenvalue weighted by Crippen LogP contribution is 2.50. The summed E-state index contributed by atoms with van der Waals surface area (Å²) in [7, 11) is 0. The van der Waals surface area contributed by atoms with Gasteiger partial charge in [0.25, 0.3) is 11.8 Å². The van der Waals surface area contributed by atoms with Crippen LogP contribution in [-0.2, 0) is 4.79 Å². The number of halogens is 2. The van der Waals surface area contributed by atoms with Gasteiger partial charge in [-0.3, -0.25) is 14.7 Å². The number of carbonyl (C=O) groups excluding carboxylic acids is 2. The third kappa shape index (κ3) is 4.01. The van der Waals surface area contributed by atoms with Gasteiger partial charge in [0.05, 0.1) is 16.8 Å². The van der Waals surface area contributed by atoms with Crippen LogP contribution in [0.3, 0.4) is 0 Å². The van der Waals surface area contributed by atoms with Gasteiger partial charge in [0.15, 0.2) is 6.61 Å². The van der Waals surface area contributed by atoms with Gasteiger partial charge < -0.3 is 15.4 Å². The fourth-order valence-corrected chi connectivity index (χ4v) is 4.92. The van der Waals surface area contributed by atoms with E-state index in [1.165, 1.54) is 18.3 Å². The number of aromatic nitrogens is 2. The number of H-pyrrole nitrogens is 1. The van der Waals surface area contributed by atoms with Crippen molar-refractivity contribution in [1.29, 1.82) is 0 Å². The maximum absolute atomic E-state index is 13.5. The molecule has 7 nitrogen and oxygen atoms in total. The number of carbonyl (C=O) groups is 2. The monoisotopic (exact) mass is 434 g/mol. The third-order valence-electron chi connectivity index (χ3n) is 6.53. The molecule has 3 fully saturated rings. The Morgan fingerprint density at radius 2 is 2.07 bits per heavy atom. The quantitative estimate of drug-likeness (QED) is 0.650. The molecule has 2 bridgehead atoms. The van der Waals surface area contributed by atoms with Crippen molar-refractivity contribution in [3.63, 3.8) is 0 Å². The second-order valence-corrected chi connectivity index (χ2v) is 8.80. The molecule has 30 heavy (non-hydrogen) atoms. The second kappa shape index (κ2) is 7.91. The standard InChI is InChI=1S/C21H24ClFN4O3/c1-13-9-20(26-18(28)12-30-15-2-3-16(22)17(23)8-15)4-6-21(13,7-5-20)27-19(29)14-10-24-25-11-14/h2-3,8,10-11,13H,4-7,9,12H2,1H3,(H,24,25)(H,26,28)(H,27,29). The van der Waals surface area contributed by atoms with Crippen LogP contribution in [0.25, 0.3) is 0 Å². The molecular formula is C21H24ClFN4O3. The summed E-state index contributed by atoms with van der Waals surface area (Å²) in [6.45, 7) is 1.92. The van der Waals surface area contributed by atoms with Crippen LogP contribution in [0, 0.1) is 11.7 Å². The van der Waals surface area contributed by atoms with Gasteiger partial charge in [-0.05, 0) is 50.2 Å². The number of ether oxygens (including phenoxy) is 1. The molecule has 1 aromatic heterocycles. The first-order valence-corrected chi connectivity index (χ1v) is 10.4. The minimum Gasteiger partial charge on any atom is -0.484 e. The molecule has 0 spiro atoms. The van der Waals surface area contributed by atoms with Crippen LogP contribution in [0.4, 0.5) is 4.39 Å². The molecule has 0 aliphatic heterocycles. The van der Waals surface area contributed by atoms with E-state index in [1.807, 2.05) is 0 Å². The lowest BCUT2D eigenvalue weighted by Gasteiger charge is -2.57. The molecule has 3 aliphatic carbocycles.